The number of aliphatic hydroxyl groups is 1. The van der Waals surface area contributed by atoms with Crippen LogP contribution in [0.15, 0.2) is 54.6 Å². The summed E-state index contributed by atoms with van der Waals surface area (Å²) in [5.41, 5.74) is 1.85. The standard InChI is InChI=1S/C15H16ClNO/c16-13-8-4-5-9-14(13)17-11-10-15(18)12-6-2-1-3-7-12/h1-9,15,17-18H,10-11H2/t15-/m1/s1. The number of halogens is 1. The Labute approximate surface area is 112 Å². The van der Waals surface area contributed by atoms with Gasteiger partial charge in [0.05, 0.1) is 16.8 Å². The van der Waals surface area contributed by atoms with Crippen molar-refractivity contribution in [3.63, 3.8) is 0 Å². The maximum atomic E-state index is 9.99. The van der Waals surface area contributed by atoms with Crippen molar-refractivity contribution in [2.45, 2.75) is 12.5 Å². The lowest BCUT2D eigenvalue weighted by atomic mass is 10.1. The van der Waals surface area contributed by atoms with Gasteiger partial charge >= 0.3 is 0 Å². The third kappa shape index (κ3) is 3.49. The summed E-state index contributed by atoms with van der Waals surface area (Å²) in [6.45, 7) is 0.680. The van der Waals surface area contributed by atoms with E-state index in [1.54, 1.807) is 0 Å². The molecule has 3 heteroatoms. The molecule has 0 saturated carbocycles. The zero-order valence-corrected chi connectivity index (χ0v) is 10.8. The molecule has 0 unspecified atom stereocenters. The van der Waals surface area contributed by atoms with Gasteiger partial charge in [-0.05, 0) is 24.1 Å². The van der Waals surface area contributed by atoms with E-state index >= 15 is 0 Å². The van der Waals surface area contributed by atoms with Crippen molar-refractivity contribution in [3.05, 3.63) is 65.2 Å². The highest BCUT2D eigenvalue weighted by Gasteiger charge is 2.06. The van der Waals surface area contributed by atoms with Gasteiger partial charge in [-0.15, -0.1) is 0 Å². The Morgan fingerprint density at radius 3 is 2.39 bits per heavy atom. The van der Waals surface area contributed by atoms with Crippen molar-refractivity contribution in [3.8, 4) is 0 Å². The highest BCUT2D eigenvalue weighted by molar-refractivity contribution is 6.33. The fourth-order valence-corrected chi connectivity index (χ4v) is 1.99. The van der Waals surface area contributed by atoms with E-state index in [9.17, 15) is 5.11 Å². The van der Waals surface area contributed by atoms with Crippen LogP contribution in [-0.4, -0.2) is 11.7 Å². The van der Waals surface area contributed by atoms with E-state index in [0.29, 0.717) is 18.0 Å². The number of aliphatic hydroxyl groups excluding tert-OH is 1. The fourth-order valence-electron chi connectivity index (χ4n) is 1.79. The summed E-state index contributed by atoms with van der Waals surface area (Å²) in [7, 11) is 0. The molecule has 2 rings (SSSR count). The summed E-state index contributed by atoms with van der Waals surface area (Å²) >= 11 is 6.03. The molecule has 2 aromatic rings. The number of anilines is 1. The maximum Gasteiger partial charge on any atom is 0.0806 e. The van der Waals surface area contributed by atoms with Gasteiger partial charge in [0, 0.05) is 6.54 Å². The number of hydrogen-bond acceptors (Lipinski definition) is 2. The third-order valence-corrected chi connectivity index (χ3v) is 3.12. The Morgan fingerprint density at radius 2 is 1.67 bits per heavy atom. The van der Waals surface area contributed by atoms with E-state index in [2.05, 4.69) is 5.32 Å². The largest absolute Gasteiger partial charge is 0.388 e. The van der Waals surface area contributed by atoms with E-state index in [4.69, 9.17) is 11.6 Å². The molecule has 18 heavy (non-hydrogen) atoms. The quantitative estimate of drug-likeness (QED) is 0.856. The second-order valence-electron chi connectivity index (χ2n) is 4.12. The molecule has 0 spiro atoms. The highest BCUT2D eigenvalue weighted by Crippen LogP contribution is 2.21. The molecular weight excluding hydrogens is 246 g/mol. The molecule has 2 N–H and O–H groups in total. The van der Waals surface area contributed by atoms with Crippen LogP contribution < -0.4 is 5.32 Å². The van der Waals surface area contributed by atoms with Crippen LogP contribution in [0.3, 0.4) is 0 Å². The molecule has 0 heterocycles. The van der Waals surface area contributed by atoms with Crippen LogP contribution in [0.1, 0.15) is 18.1 Å². The predicted molar refractivity (Wildman–Crippen MR) is 76.0 cm³/mol. The van der Waals surface area contributed by atoms with Gasteiger partial charge in [-0.3, -0.25) is 0 Å². The van der Waals surface area contributed by atoms with Gasteiger partial charge in [-0.1, -0.05) is 54.1 Å². The van der Waals surface area contributed by atoms with Gasteiger partial charge in [0.25, 0.3) is 0 Å². The second-order valence-corrected chi connectivity index (χ2v) is 4.53. The van der Waals surface area contributed by atoms with Crippen LogP contribution >= 0.6 is 11.6 Å². The molecule has 2 aromatic carbocycles. The van der Waals surface area contributed by atoms with Crippen LogP contribution in [0.5, 0.6) is 0 Å². The van der Waals surface area contributed by atoms with Gasteiger partial charge in [-0.2, -0.15) is 0 Å². The Hall–Kier alpha value is -1.51. The topological polar surface area (TPSA) is 32.3 Å². The van der Waals surface area contributed by atoms with E-state index in [0.717, 1.165) is 11.3 Å². The Balaban J connectivity index is 1.84. The Bertz CT molecular complexity index is 487. The third-order valence-electron chi connectivity index (χ3n) is 2.79. The van der Waals surface area contributed by atoms with Gasteiger partial charge in [0.2, 0.25) is 0 Å². The van der Waals surface area contributed by atoms with E-state index in [1.807, 2.05) is 54.6 Å². The summed E-state index contributed by atoms with van der Waals surface area (Å²) < 4.78 is 0. The van der Waals surface area contributed by atoms with Crippen LogP contribution in [0.25, 0.3) is 0 Å². The van der Waals surface area contributed by atoms with E-state index < -0.39 is 6.10 Å². The minimum atomic E-state index is -0.443. The molecule has 0 aromatic heterocycles. The minimum absolute atomic E-state index is 0.443. The maximum absolute atomic E-state index is 9.99. The number of benzene rings is 2. The smallest absolute Gasteiger partial charge is 0.0806 e. The van der Waals surface area contributed by atoms with Crippen LogP contribution in [0.4, 0.5) is 5.69 Å². The SMILES string of the molecule is O[C@H](CCNc1ccccc1Cl)c1ccccc1. The Morgan fingerprint density at radius 1 is 1.00 bits per heavy atom. The van der Waals surface area contributed by atoms with Gasteiger partial charge in [0.1, 0.15) is 0 Å². The normalized spacial score (nSPS) is 12.1. The van der Waals surface area contributed by atoms with Gasteiger partial charge in [0.15, 0.2) is 0 Å². The number of nitrogens with one attached hydrogen (secondary N) is 1. The molecule has 0 amide bonds. The van der Waals surface area contributed by atoms with Gasteiger partial charge in [-0.25, -0.2) is 0 Å². The van der Waals surface area contributed by atoms with Crippen LogP contribution in [0.2, 0.25) is 5.02 Å². The van der Waals surface area contributed by atoms with E-state index in [1.165, 1.54) is 0 Å². The molecule has 0 radical (unpaired) electrons. The minimum Gasteiger partial charge on any atom is -0.388 e. The van der Waals surface area contributed by atoms with Crippen molar-refractivity contribution in [1.29, 1.82) is 0 Å². The predicted octanol–water partition coefficient (Wildman–Crippen LogP) is 3.88. The number of hydrogen-bond donors (Lipinski definition) is 2. The lowest BCUT2D eigenvalue weighted by molar-refractivity contribution is 0.171. The van der Waals surface area contributed by atoms with Crippen LogP contribution in [-0.2, 0) is 0 Å². The summed E-state index contributed by atoms with van der Waals surface area (Å²) in [5.74, 6) is 0. The molecule has 0 bridgehead atoms. The van der Waals surface area contributed by atoms with E-state index in [-0.39, 0.29) is 0 Å². The second kappa shape index (κ2) is 6.43. The Kier molecular flexibility index (Phi) is 4.62. The molecule has 2 nitrogen and oxygen atoms in total. The van der Waals surface area contributed by atoms with Crippen molar-refractivity contribution in [1.82, 2.24) is 0 Å². The molecule has 0 fully saturated rings. The molecule has 0 saturated heterocycles. The molecular formula is C15H16ClNO. The molecule has 0 aliphatic rings. The fraction of sp³-hybridized carbons (Fsp3) is 0.200. The van der Waals surface area contributed by atoms with Crippen molar-refractivity contribution >= 4 is 17.3 Å². The molecule has 0 aliphatic heterocycles. The van der Waals surface area contributed by atoms with Crippen LogP contribution in [0, 0.1) is 0 Å². The molecule has 0 aliphatic carbocycles. The number of rotatable bonds is 5. The lowest BCUT2D eigenvalue weighted by Gasteiger charge is -2.12. The summed E-state index contributed by atoms with van der Waals surface area (Å²) in [5, 5.41) is 13.9. The molecule has 94 valence electrons. The number of para-hydroxylation sites is 1. The average molecular weight is 262 g/mol. The lowest BCUT2D eigenvalue weighted by Crippen LogP contribution is -2.07. The first-order valence-corrected chi connectivity index (χ1v) is 6.36. The zero-order chi connectivity index (χ0) is 12.8. The molecule has 1 atom stereocenters. The summed E-state index contributed by atoms with van der Waals surface area (Å²) in [6.07, 6.45) is 0.205. The first kappa shape index (κ1) is 12.9. The first-order chi connectivity index (χ1) is 8.77. The first-order valence-electron chi connectivity index (χ1n) is 5.99. The summed E-state index contributed by atoms with van der Waals surface area (Å²) in [4.78, 5) is 0. The average Bonchev–Trinajstić information content (AvgIpc) is 2.42. The highest BCUT2D eigenvalue weighted by atomic mass is 35.5. The van der Waals surface area contributed by atoms with Crippen molar-refractivity contribution in [2.24, 2.45) is 0 Å². The summed E-state index contributed by atoms with van der Waals surface area (Å²) in [6, 6.07) is 17.3. The zero-order valence-electron chi connectivity index (χ0n) is 10.0. The monoisotopic (exact) mass is 261 g/mol. The van der Waals surface area contributed by atoms with Gasteiger partial charge < -0.3 is 10.4 Å². The van der Waals surface area contributed by atoms with Crippen molar-refractivity contribution < 1.29 is 5.11 Å². The van der Waals surface area contributed by atoms with Crippen molar-refractivity contribution in [2.75, 3.05) is 11.9 Å².